The van der Waals surface area contributed by atoms with Gasteiger partial charge in [-0.2, -0.15) is 0 Å². The molecule has 0 radical (unpaired) electrons. The normalized spacial score (nSPS) is 10.8. The molecule has 4 rings (SSSR count). The van der Waals surface area contributed by atoms with Gasteiger partial charge in [0.05, 0.1) is 27.0 Å². The van der Waals surface area contributed by atoms with Crippen molar-refractivity contribution in [2.24, 2.45) is 0 Å². The van der Waals surface area contributed by atoms with Crippen molar-refractivity contribution in [3.05, 3.63) is 71.1 Å². The number of hydrogen-bond acceptors (Lipinski definition) is 6. The monoisotopic (exact) mass is 392 g/mol. The van der Waals surface area contributed by atoms with E-state index in [4.69, 9.17) is 0 Å². The van der Waals surface area contributed by atoms with Crippen LogP contribution in [0.4, 0.5) is 16.0 Å². The minimum Gasteiger partial charge on any atom is -0.508 e. The van der Waals surface area contributed by atoms with Gasteiger partial charge in [-0.1, -0.05) is 0 Å². The molecule has 140 valence electrons. The maximum Gasteiger partial charge on any atom is 0.228 e. The number of aromatic nitrogens is 3. The molecule has 5 nitrogen and oxygen atoms in total. The molecule has 0 aliphatic rings. The number of rotatable bonds is 4. The second kappa shape index (κ2) is 7.36. The van der Waals surface area contributed by atoms with Gasteiger partial charge in [0.1, 0.15) is 11.6 Å². The lowest BCUT2D eigenvalue weighted by Gasteiger charge is -2.10. The Hall–Kier alpha value is -3.32. The molecule has 0 atom stereocenters. The quantitative estimate of drug-likeness (QED) is 0.482. The highest BCUT2D eigenvalue weighted by Crippen LogP contribution is 2.32. The van der Waals surface area contributed by atoms with Crippen LogP contribution in [0.3, 0.4) is 0 Å². The third-order valence-electron chi connectivity index (χ3n) is 4.13. The van der Waals surface area contributed by atoms with Crippen LogP contribution in [-0.2, 0) is 0 Å². The van der Waals surface area contributed by atoms with E-state index < -0.39 is 0 Å². The lowest BCUT2D eigenvalue weighted by molar-refractivity contribution is 0.475. The number of aryl methyl sites for hydroxylation is 2. The first-order valence-corrected chi connectivity index (χ1v) is 9.45. The van der Waals surface area contributed by atoms with Gasteiger partial charge >= 0.3 is 0 Å². The highest BCUT2D eigenvalue weighted by molar-refractivity contribution is 7.15. The van der Waals surface area contributed by atoms with E-state index in [1.54, 1.807) is 47.7 Å². The first-order valence-electron chi connectivity index (χ1n) is 8.63. The predicted octanol–water partition coefficient (Wildman–Crippen LogP) is 5.47. The van der Waals surface area contributed by atoms with Gasteiger partial charge in [-0.15, -0.1) is 11.3 Å². The van der Waals surface area contributed by atoms with Crippen molar-refractivity contribution in [3.63, 3.8) is 0 Å². The SMILES string of the molecule is Cc1nc(C)c(-c2cc(-c3ccc(O)cc3)nc(Nc3ccc(F)cc3)n2)s1. The molecule has 0 unspecified atom stereocenters. The summed E-state index contributed by atoms with van der Waals surface area (Å²) < 4.78 is 13.2. The number of nitrogens with zero attached hydrogens (tertiary/aromatic N) is 3. The molecule has 0 spiro atoms. The molecule has 0 saturated heterocycles. The number of thiazole rings is 1. The molecule has 0 aliphatic carbocycles. The van der Waals surface area contributed by atoms with E-state index >= 15 is 0 Å². The number of hydrogen-bond donors (Lipinski definition) is 2. The van der Waals surface area contributed by atoms with Crippen LogP contribution in [0.1, 0.15) is 10.7 Å². The predicted molar refractivity (Wildman–Crippen MR) is 109 cm³/mol. The van der Waals surface area contributed by atoms with Gasteiger partial charge in [-0.05, 0) is 68.4 Å². The number of phenols is 1. The highest BCUT2D eigenvalue weighted by Gasteiger charge is 2.14. The second-order valence-corrected chi connectivity index (χ2v) is 7.49. The Morgan fingerprint density at radius 1 is 0.893 bits per heavy atom. The number of nitrogens with one attached hydrogen (secondary N) is 1. The van der Waals surface area contributed by atoms with Gasteiger partial charge in [-0.3, -0.25) is 0 Å². The third kappa shape index (κ3) is 3.84. The molecule has 7 heteroatoms. The average molecular weight is 392 g/mol. The smallest absolute Gasteiger partial charge is 0.228 e. The fourth-order valence-electron chi connectivity index (χ4n) is 2.83. The summed E-state index contributed by atoms with van der Waals surface area (Å²) in [6, 6.07) is 14.8. The largest absolute Gasteiger partial charge is 0.508 e. The van der Waals surface area contributed by atoms with Crippen LogP contribution in [0.2, 0.25) is 0 Å². The van der Waals surface area contributed by atoms with Crippen LogP contribution in [0.5, 0.6) is 5.75 Å². The molecule has 2 heterocycles. The van der Waals surface area contributed by atoms with Crippen LogP contribution >= 0.6 is 11.3 Å². The standard InChI is InChI=1S/C21H17FN4OS/c1-12-20(28-13(2)23-12)19-11-18(14-3-9-17(27)10-4-14)25-21(26-19)24-16-7-5-15(22)6-8-16/h3-11,27H,1-2H3,(H,24,25,26). The summed E-state index contributed by atoms with van der Waals surface area (Å²) in [4.78, 5) is 14.7. The Balaban J connectivity index is 1.81. The first-order chi connectivity index (χ1) is 13.5. The van der Waals surface area contributed by atoms with E-state index in [1.807, 2.05) is 19.9 Å². The van der Waals surface area contributed by atoms with Crippen LogP contribution in [0.15, 0.2) is 54.6 Å². The van der Waals surface area contributed by atoms with Gasteiger partial charge in [-0.25, -0.2) is 19.3 Å². The Bertz CT molecular complexity index is 1120. The van der Waals surface area contributed by atoms with Crippen molar-refractivity contribution >= 4 is 23.0 Å². The molecule has 2 aromatic heterocycles. The Morgan fingerprint density at radius 2 is 1.57 bits per heavy atom. The first kappa shape index (κ1) is 18.1. The lowest BCUT2D eigenvalue weighted by Crippen LogP contribution is -2.00. The molecule has 0 aliphatic heterocycles. The van der Waals surface area contributed by atoms with Gasteiger partial charge in [0.15, 0.2) is 0 Å². The summed E-state index contributed by atoms with van der Waals surface area (Å²) in [6.07, 6.45) is 0. The van der Waals surface area contributed by atoms with Gasteiger partial charge < -0.3 is 10.4 Å². The molecule has 0 bridgehead atoms. The summed E-state index contributed by atoms with van der Waals surface area (Å²) in [6.45, 7) is 3.91. The molecule has 28 heavy (non-hydrogen) atoms. The maximum atomic E-state index is 13.2. The fraction of sp³-hybridized carbons (Fsp3) is 0.0952. The molecule has 0 amide bonds. The van der Waals surface area contributed by atoms with E-state index in [0.29, 0.717) is 17.3 Å². The van der Waals surface area contributed by atoms with E-state index in [-0.39, 0.29) is 11.6 Å². The van der Waals surface area contributed by atoms with Crippen molar-refractivity contribution < 1.29 is 9.50 Å². The number of aromatic hydroxyl groups is 1. The van der Waals surface area contributed by atoms with E-state index in [2.05, 4.69) is 20.3 Å². The van der Waals surface area contributed by atoms with Crippen molar-refractivity contribution in [2.75, 3.05) is 5.32 Å². The Morgan fingerprint density at radius 3 is 2.21 bits per heavy atom. The van der Waals surface area contributed by atoms with E-state index in [9.17, 15) is 9.50 Å². The number of benzene rings is 2. The molecule has 0 fully saturated rings. The topological polar surface area (TPSA) is 70.9 Å². The molecular weight excluding hydrogens is 375 g/mol. The van der Waals surface area contributed by atoms with Crippen molar-refractivity contribution in [3.8, 4) is 27.6 Å². The van der Waals surface area contributed by atoms with Crippen molar-refractivity contribution in [2.45, 2.75) is 13.8 Å². The zero-order valence-electron chi connectivity index (χ0n) is 15.3. The lowest BCUT2D eigenvalue weighted by atomic mass is 10.1. The van der Waals surface area contributed by atoms with Gasteiger partial charge in [0, 0.05) is 11.3 Å². The van der Waals surface area contributed by atoms with Crippen molar-refractivity contribution in [1.82, 2.24) is 15.0 Å². The summed E-state index contributed by atoms with van der Waals surface area (Å²) >= 11 is 1.57. The van der Waals surface area contributed by atoms with Crippen LogP contribution in [0.25, 0.3) is 21.8 Å². The summed E-state index contributed by atoms with van der Waals surface area (Å²) in [7, 11) is 0. The average Bonchev–Trinajstić information content (AvgIpc) is 3.02. The number of halogens is 1. The summed E-state index contributed by atoms with van der Waals surface area (Å²) in [5.41, 5.74) is 3.91. The minimum atomic E-state index is -0.305. The minimum absolute atomic E-state index is 0.191. The molecule has 2 aromatic carbocycles. The van der Waals surface area contributed by atoms with Crippen molar-refractivity contribution in [1.29, 1.82) is 0 Å². The number of phenolic OH excluding ortho intramolecular Hbond substituents is 1. The van der Waals surface area contributed by atoms with Crippen LogP contribution in [0, 0.1) is 19.7 Å². The maximum absolute atomic E-state index is 13.2. The molecule has 4 aromatic rings. The zero-order chi connectivity index (χ0) is 19.7. The summed E-state index contributed by atoms with van der Waals surface area (Å²) in [5.74, 6) is 0.287. The highest BCUT2D eigenvalue weighted by atomic mass is 32.1. The summed E-state index contributed by atoms with van der Waals surface area (Å²) in [5, 5.41) is 13.7. The third-order valence-corrected chi connectivity index (χ3v) is 5.22. The molecule has 2 N–H and O–H groups in total. The number of anilines is 2. The Kier molecular flexibility index (Phi) is 4.75. The fourth-order valence-corrected chi connectivity index (χ4v) is 3.71. The van der Waals surface area contributed by atoms with E-state index in [0.717, 1.165) is 26.8 Å². The van der Waals surface area contributed by atoms with Gasteiger partial charge in [0.25, 0.3) is 0 Å². The van der Waals surface area contributed by atoms with Crippen LogP contribution < -0.4 is 5.32 Å². The molecular formula is C21H17FN4OS. The Labute approximate surface area is 165 Å². The molecule has 0 saturated carbocycles. The van der Waals surface area contributed by atoms with E-state index in [1.165, 1.54) is 12.1 Å². The van der Waals surface area contributed by atoms with Gasteiger partial charge in [0.2, 0.25) is 5.95 Å². The second-order valence-electron chi connectivity index (χ2n) is 6.29. The zero-order valence-corrected chi connectivity index (χ0v) is 16.1. The van der Waals surface area contributed by atoms with Crippen LogP contribution in [-0.4, -0.2) is 20.1 Å².